The largest absolute Gasteiger partial charge is 0.447 e. The van der Waals surface area contributed by atoms with Gasteiger partial charge in [0.2, 0.25) is 0 Å². The Bertz CT molecular complexity index is 496. The van der Waals surface area contributed by atoms with Gasteiger partial charge < -0.3 is 9.84 Å². The van der Waals surface area contributed by atoms with Crippen molar-refractivity contribution in [3.05, 3.63) is 37.1 Å². The van der Waals surface area contributed by atoms with E-state index in [1.54, 1.807) is 35.4 Å². The predicted octanol–water partition coefficient (Wildman–Crippen LogP) is 0.808. The molecule has 18 heavy (non-hydrogen) atoms. The summed E-state index contributed by atoms with van der Waals surface area (Å²) in [5.74, 6) is 0.696. The Hall–Kier alpha value is -2.41. The number of pyridine rings is 1. The topological polar surface area (TPSA) is 89.3 Å². The van der Waals surface area contributed by atoms with Crippen molar-refractivity contribution >= 4 is 11.8 Å². The number of carbonyl (C=O) groups is 1. The van der Waals surface area contributed by atoms with E-state index < -0.39 is 6.09 Å². The first-order chi connectivity index (χ1) is 8.79. The quantitative estimate of drug-likeness (QED) is 0.835. The van der Waals surface area contributed by atoms with Crippen LogP contribution in [0.3, 0.4) is 0 Å². The van der Waals surface area contributed by atoms with Crippen molar-refractivity contribution in [2.75, 3.05) is 18.5 Å². The normalized spacial score (nSPS) is 10.1. The number of nitrogens with one attached hydrogen (secondary N) is 1. The maximum absolute atomic E-state index is 11.2. The monoisotopic (exact) mass is 248 g/mol. The molecule has 0 fully saturated rings. The molecule has 0 aliphatic heterocycles. The summed E-state index contributed by atoms with van der Waals surface area (Å²) in [6.45, 7) is -0.238. The smallest absolute Gasteiger partial charge is 0.411 e. The summed E-state index contributed by atoms with van der Waals surface area (Å²) in [6, 6.07) is 3.44. The third kappa shape index (κ3) is 3.05. The van der Waals surface area contributed by atoms with Crippen LogP contribution in [0, 0.1) is 0 Å². The zero-order valence-electron chi connectivity index (χ0n) is 9.48. The number of aliphatic hydroxyl groups is 1. The minimum atomic E-state index is -0.624. The van der Waals surface area contributed by atoms with E-state index in [4.69, 9.17) is 5.11 Å². The number of amides is 1. The Morgan fingerprint density at radius 1 is 1.50 bits per heavy atom. The van der Waals surface area contributed by atoms with Crippen molar-refractivity contribution in [1.29, 1.82) is 0 Å². The Kier molecular flexibility index (Phi) is 3.87. The fourth-order valence-electron chi connectivity index (χ4n) is 1.30. The van der Waals surface area contributed by atoms with Gasteiger partial charge in [-0.3, -0.25) is 9.88 Å². The summed E-state index contributed by atoms with van der Waals surface area (Å²) >= 11 is 0. The second-order valence-electron chi connectivity index (χ2n) is 3.36. The average molecular weight is 248 g/mol. The van der Waals surface area contributed by atoms with Crippen LogP contribution in [0.2, 0.25) is 0 Å². The summed E-state index contributed by atoms with van der Waals surface area (Å²) in [5.41, 5.74) is 0.516. The van der Waals surface area contributed by atoms with Gasteiger partial charge in [-0.2, -0.15) is 0 Å². The molecule has 0 bridgehead atoms. The van der Waals surface area contributed by atoms with E-state index in [2.05, 4.69) is 20.0 Å². The first-order valence-electron chi connectivity index (χ1n) is 5.28. The van der Waals surface area contributed by atoms with Gasteiger partial charge in [-0.25, -0.2) is 14.8 Å². The number of aromatic nitrogens is 3. The van der Waals surface area contributed by atoms with Gasteiger partial charge in [0.25, 0.3) is 0 Å². The lowest BCUT2D eigenvalue weighted by Crippen LogP contribution is -2.15. The van der Waals surface area contributed by atoms with E-state index in [9.17, 15) is 4.79 Å². The molecule has 0 atom stereocenters. The zero-order valence-corrected chi connectivity index (χ0v) is 9.48. The number of carbonyl (C=O) groups excluding carboxylic acids is 1. The number of nitrogens with zero attached hydrogens (tertiary/aromatic N) is 3. The molecule has 2 rings (SSSR count). The van der Waals surface area contributed by atoms with E-state index in [0.29, 0.717) is 11.5 Å². The van der Waals surface area contributed by atoms with Crippen LogP contribution < -0.4 is 5.32 Å². The molecule has 2 aromatic heterocycles. The molecule has 0 aliphatic rings. The molecular weight excluding hydrogens is 236 g/mol. The number of hydrogen-bond donors (Lipinski definition) is 2. The fourth-order valence-corrected chi connectivity index (χ4v) is 1.30. The summed E-state index contributed by atoms with van der Waals surface area (Å²) in [4.78, 5) is 19.3. The van der Waals surface area contributed by atoms with Crippen LogP contribution in [0.4, 0.5) is 10.5 Å². The average Bonchev–Trinajstić information content (AvgIpc) is 2.91. The highest BCUT2D eigenvalue weighted by atomic mass is 16.6. The third-order valence-electron chi connectivity index (χ3n) is 2.09. The predicted molar refractivity (Wildman–Crippen MR) is 63.4 cm³/mol. The van der Waals surface area contributed by atoms with Crippen molar-refractivity contribution in [3.8, 4) is 5.82 Å². The van der Waals surface area contributed by atoms with Crippen LogP contribution in [0.5, 0.6) is 0 Å². The number of ether oxygens (including phenoxy) is 1. The lowest BCUT2D eigenvalue weighted by atomic mass is 10.4. The Morgan fingerprint density at radius 2 is 2.39 bits per heavy atom. The van der Waals surface area contributed by atoms with Gasteiger partial charge in [0.1, 0.15) is 18.8 Å². The first kappa shape index (κ1) is 12.1. The number of imidazole rings is 1. The molecule has 2 N–H and O–H groups in total. The van der Waals surface area contributed by atoms with Crippen molar-refractivity contribution in [3.63, 3.8) is 0 Å². The highest BCUT2D eigenvalue weighted by Crippen LogP contribution is 2.09. The van der Waals surface area contributed by atoms with Crippen molar-refractivity contribution < 1.29 is 14.6 Å². The van der Waals surface area contributed by atoms with Crippen molar-refractivity contribution in [1.82, 2.24) is 14.5 Å². The number of aliphatic hydroxyl groups excluding tert-OH is 1. The van der Waals surface area contributed by atoms with E-state index >= 15 is 0 Å². The summed E-state index contributed by atoms with van der Waals surface area (Å²) in [5, 5.41) is 11.0. The number of rotatable bonds is 4. The van der Waals surface area contributed by atoms with E-state index in [1.165, 1.54) is 6.20 Å². The maximum atomic E-state index is 11.2. The van der Waals surface area contributed by atoms with Gasteiger partial charge in [0.15, 0.2) is 0 Å². The van der Waals surface area contributed by atoms with Gasteiger partial charge in [0, 0.05) is 12.4 Å². The highest BCUT2D eigenvalue weighted by Gasteiger charge is 2.03. The van der Waals surface area contributed by atoms with Crippen LogP contribution in [0.1, 0.15) is 0 Å². The van der Waals surface area contributed by atoms with Gasteiger partial charge >= 0.3 is 6.09 Å². The molecule has 0 saturated heterocycles. The third-order valence-corrected chi connectivity index (χ3v) is 2.09. The minimum absolute atomic E-state index is 0.0353. The van der Waals surface area contributed by atoms with Gasteiger partial charge in [-0.1, -0.05) is 0 Å². The van der Waals surface area contributed by atoms with Crippen LogP contribution >= 0.6 is 0 Å². The van der Waals surface area contributed by atoms with Gasteiger partial charge in [0.05, 0.1) is 18.5 Å². The molecule has 2 heterocycles. The fraction of sp³-hybridized carbons (Fsp3) is 0.182. The molecule has 0 radical (unpaired) electrons. The molecular formula is C11H12N4O3. The van der Waals surface area contributed by atoms with Crippen LogP contribution in [0.15, 0.2) is 37.1 Å². The second-order valence-corrected chi connectivity index (χ2v) is 3.36. The number of hydrogen-bond acceptors (Lipinski definition) is 5. The molecule has 1 amide bonds. The van der Waals surface area contributed by atoms with E-state index in [0.717, 1.165) is 0 Å². The summed E-state index contributed by atoms with van der Waals surface area (Å²) in [7, 11) is 0. The van der Waals surface area contributed by atoms with E-state index in [1.807, 2.05) is 0 Å². The van der Waals surface area contributed by atoms with Gasteiger partial charge in [-0.15, -0.1) is 0 Å². The zero-order chi connectivity index (χ0) is 12.8. The lowest BCUT2D eigenvalue weighted by Gasteiger charge is -2.06. The highest BCUT2D eigenvalue weighted by molar-refractivity contribution is 5.84. The maximum Gasteiger partial charge on any atom is 0.411 e. The second kappa shape index (κ2) is 5.78. The standard InChI is InChI=1S/C11H12N4O3/c16-5-6-18-11(17)14-9-1-2-10(13-7-9)15-4-3-12-8-15/h1-4,7-8,16H,5-6H2,(H,14,17). The first-order valence-corrected chi connectivity index (χ1v) is 5.28. The molecule has 94 valence electrons. The number of anilines is 1. The molecule has 0 unspecified atom stereocenters. The van der Waals surface area contributed by atoms with Crippen molar-refractivity contribution in [2.45, 2.75) is 0 Å². The molecule has 0 aromatic carbocycles. The lowest BCUT2D eigenvalue weighted by molar-refractivity contribution is 0.131. The van der Waals surface area contributed by atoms with E-state index in [-0.39, 0.29) is 13.2 Å². The summed E-state index contributed by atoms with van der Waals surface area (Å²) < 4.78 is 6.40. The molecule has 7 heteroatoms. The molecule has 0 saturated carbocycles. The SMILES string of the molecule is O=C(Nc1ccc(-n2ccnc2)nc1)OCCO. The van der Waals surface area contributed by atoms with Crippen molar-refractivity contribution in [2.24, 2.45) is 0 Å². The van der Waals surface area contributed by atoms with Gasteiger partial charge in [-0.05, 0) is 12.1 Å². The molecule has 2 aromatic rings. The Balaban J connectivity index is 1.98. The van der Waals surface area contributed by atoms with Crippen LogP contribution in [-0.4, -0.2) is 38.9 Å². The van der Waals surface area contributed by atoms with Crippen LogP contribution in [-0.2, 0) is 4.74 Å². The van der Waals surface area contributed by atoms with Crippen LogP contribution in [0.25, 0.3) is 5.82 Å². The molecule has 0 aliphatic carbocycles. The Labute approximate surface area is 103 Å². The molecule has 0 spiro atoms. The summed E-state index contributed by atoms with van der Waals surface area (Å²) in [6.07, 6.45) is 5.94. The molecule has 7 nitrogen and oxygen atoms in total. The minimum Gasteiger partial charge on any atom is -0.447 e. The Morgan fingerprint density at radius 3 is 3.00 bits per heavy atom.